The highest BCUT2D eigenvalue weighted by molar-refractivity contribution is 5.66. The predicted molar refractivity (Wildman–Crippen MR) is 54.6 cm³/mol. The van der Waals surface area contributed by atoms with Crippen LogP contribution in [0.15, 0.2) is 0 Å². The third kappa shape index (κ3) is 13.1. The zero-order valence-electron chi connectivity index (χ0n) is 9.59. The first-order chi connectivity index (χ1) is 7.81. The molecule has 0 aliphatic rings. The number of rotatable bonds is 9. The van der Waals surface area contributed by atoms with Crippen molar-refractivity contribution in [2.45, 2.75) is 12.8 Å². The van der Waals surface area contributed by atoms with Crippen LogP contribution < -0.4 is 5.32 Å². The fourth-order valence-corrected chi connectivity index (χ4v) is 1.03. The van der Waals surface area contributed by atoms with E-state index in [1.54, 1.807) is 11.9 Å². The molecule has 0 saturated carbocycles. The van der Waals surface area contributed by atoms with E-state index in [1.807, 2.05) is 0 Å². The van der Waals surface area contributed by atoms with E-state index in [4.69, 9.17) is 5.11 Å². The normalized spacial score (nSPS) is 12.1. The van der Waals surface area contributed by atoms with Crippen LogP contribution in [0.25, 0.3) is 0 Å². The Bertz CT molecular complexity index is 224. The second-order valence-corrected chi connectivity index (χ2v) is 3.49. The van der Waals surface area contributed by atoms with Gasteiger partial charge < -0.3 is 15.3 Å². The van der Waals surface area contributed by atoms with Crippen LogP contribution >= 0.6 is 0 Å². The lowest BCUT2D eigenvalue weighted by molar-refractivity contribution is -0.323. The number of halogens is 3. The topological polar surface area (TPSA) is 61.8 Å². The highest BCUT2D eigenvalue weighted by atomic mass is 19.4. The smallest absolute Gasteiger partial charge is 0.481 e. The molecule has 0 radical (unpaired) electrons. The van der Waals surface area contributed by atoms with Gasteiger partial charge in [-0.1, -0.05) is 0 Å². The summed E-state index contributed by atoms with van der Waals surface area (Å²) >= 11 is 0. The number of ether oxygens (including phenoxy) is 1. The molecule has 0 aromatic rings. The number of hydrogen-bond acceptors (Lipinski definition) is 4. The largest absolute Gasteiger partial charge is 0.522 e. The number of carboxylic acids is 1. The summed E-state index contributed by atoms with van der Waals surface area (Å²) in [5, 5.41) is 11.2. The minimum Gasteiger partial charge on any atom is -0.481 e. The summed E-state index contributed by atoms with van der Waals surface area (Å²) in [5.74, 6) is -0.872. The van der Waals surface area contributed by atoms with E-state index in [1.165, 1.54) is 0 Å². The second-order valence-electron chi connectivity index (χ2n) is 3.49. The van der Waals surface area contributed by atoms with Gasteiger partial charge in [-0.25, -0.2) is 0 Å². The van der Waals surface area contributed by atoms with Crippen LogP contribution in [0, 0.1) is 0 Å². The van der Waals surface area contributed by atoms with Crippen molar-refractivity contribution in [3.8, 4) is 0 Å². The highest BCUT2D eigenvalue weighted by Crippen LogP contribution is 2.14. The standard InChI is InChI=1S/C9H17F3N2O3/c1-14(5-2-8(15)16)6-3-13-4-7-17-9(10,11)12/h13H,2-7H2,1H3,(H,15,16). The SMILES string of the molecule is CN(CCNCCOC(F)(F)F)CCC(=O)O. The highest BCUT2D eigenvalue weighted by Gasteiger charge is 2.28. The summed E-state index contributed by atoms with van der Waals surface area (Å²) in [4.78, 5) is 12.0. The Hall–Kier alpha value is -0.860. The van der Waals surface area contributed by atoms with Gasteiger partial charge >= 0.3 is 12.3 Å². The molecule has 0 unspecified atom stereocenters. The van der Waals surface area contributed by atoms with E-state index in [0.717, 1.165) is 0 Å². The summed E-state index contributed by atoms with van der Waals surface area (Å²) in [7, 11) is 1.75. The molecule has 5 nitrogen and oxygen atoms in total. The lowest BCUT2D eigenvalue weighted by atomic mass is 10.4. The molecular weight excluding hydrogens is 241 g/mol. The average molecular weight is 258 g/mol. The first kappa shape index (κ1) is 16.1. The Balaban J connectivity index is 3.30. The van der Waals surface area contributed by atoms with Crippen LogP contribution in [0.1, 0.15) is 6.42 Å². The van der Waals surface area contributed by atoms with Crippen molar-refractivity contribution in [3.63, 3.8) is 0 Å². The number of aliphatic carboxylic acids is 1. The van der Waals surface area contributed by atoms with Crippen LogP contribution in [0.4, 0.5) is 13.2 Å². The van der Waals surface area contributed by atoms with E-state index in [2.05, 4.69) is 10.1 Å². The van der Waals surface area contributed by atoms with E-state index in [9.17, 15) is 18.0 Å². The molecule has 0 aromatic carbocycles. The Morgan fingerprint density at radius 2 is 2.00 bits per heavy atom. The first-order valence-corrected chi connectivity index (χ1v) is 5.13. The molecule has 17 heavy (non-hydrogen) atoms. The van der Waals surface area contributed by atoms with Gasteiger partial charge in [-0.2, -0.15) is 0 Å². The maximum atomic E-state index is 11.6. The van der Waals surface area contributed by atoms with E-state index < -0.39 is 18.9 Å². The number of nitrogens with zero attached hydrogens (tertiary/aromatic N) is 1. The number of hydrogen-bond donors (Lipinski definition) is 2. The molecule has 2 N–H and O–H groups in total. The molecule has 0 aromatic heterocycles. The lowest BCUT2D eigenvalue weighted by Gasteiger charge is -2.15. The van der Waals surface area contributed by atoms with Gasteiger partial charge in [-0.15, -0.1) is 13.2 Å². The van der Waals surface area contributed by atoms with Crippen LogP contribution in [0.5, 0.6) is 0 Å². The summed E-state index contributed by atoms with van der Waals surface area (Å²) in [5.41, 5.74) is 0. The minimum atomic E-state index is -4.58. The molecule has 0 saturated heterocycles. The van der Waals surface area contributed by atoms with Crippen LogP contribution in [-0.4, -0.2) is 62.2 Å². The number of likely N-dealkylation sites (N-methyl/N-ethyl adjacent to an activating group) is 1. The lowest BCUT2D eigenvalue weighted by Crippen LogP contribution is -2.33. The molecule has 0 aliphatic heterocycles. The maximum absolute atomic E-state index is 11.6. The predicted octanol–water partition coefficient (Wildman–Crippen LogP) is 0.519. The zero-order valence-corrected chi connectivity index (χ0v) is 9.59. The van der Waals surface area contributed by atoms with E-state index in [-0.39, 0.29) is 13.0 Å². The van der Waals surface area contributed by atoms with Gasteiger partial charge in [0.15, 0.2) is 0 Å². The van der Waals surface area contributed by atoms with Crippen molar-refractivity contribution in [1.29, 1.82) is 0 Å². The molecule has 0 rings (SSSR count). The van der Waals surface area contributed by atoms with Gasteiger partial charge in [0.1, 0.15) is 0 Å². The van der Waals surface area contributed by atoms with Gasteiger partial charge in [0.05, 0.1) is 13.0 Å². The third-order valence-corrected chi connectivity index (χ3v) is 1.92. The van der Waals surface area contributed by atoms with Gasteiger partial charge in [-0.05, 0) is 7.05 Å². The number of carbonyl (C=O) groups is 1. The Morgan fingerprint density at radius 1 is 1.35 bits per heavy atom. The number of carboxylic acid groups (broad SMARTS) is 1. The maximum Gasteiger partial charge on any atom is 0.522 e. The van der Waals surface area contributed by atoms with Gasteiger partial charge in [0, 0.05) is 26.2 Å². The van der Waals surface area contributed by atoms with Crippen molar-refractivity contribution in [2.75, 3.05) is 39.8 Å². The molecule has 0 atom stereocenters. The molecule has 0 bridgehead atoms. The van der Waals surface area contributed by atoms with Crippen molar-refractivity contribution in [1.82, 2.24) is 10.2 Å². The van der Waals surface area contributed by atoms with Crippen molar-refractivity contribution < 1.29 is 27.8 Å². The van der Waals surface area contributed by atoms with Gasteiger partial charge in [0.2, 0.25) is 0 Å². The molecular formula is C9H17F3N2O3. The van der Waals surface area contributed by atoms with E-state index in [0.29, 0.717) is 19.6 Å². The summed E-state index contributed by atoms with van der Waals surface area (Å²) in [6, 6.07) is 0. The fraction of sp³-hybridized carbons (Fsp3) is 0.889. The van der Waals surface area contributed by atoms with Gasteiger partial charge in [-0.3, -0.25) is 9.53 Å². The Labute approximate surface area is 97.5 Å². The molecule has 8 heteroatoms. The molecule has 0 spiro atoms. The Morgan fingerprint density at radius 3 is 2.53 bits per heavy atom. The fourth-order valence-electron chi connectivity index (χ4n) is 1.03. The quantitative estimate of drug-likeness (QED) is 0.590. The Kier molecular flexibility index (Phi) is 7.85. The summed E-state index contributed by atoms with van der Waals surface area (Å²) < 4.78 is 38.2. The van der Waals surface area contributed by atoms with Crippen molar-refractivity contribution >= 4 is 5.97 Å². The average Bonchev–Trinajstić information content (AvgIpc) is 2.18. The number of alkyl halides is 3. The van der Waals surface area contributed by atoms with Crippen LogP contribution in [-0.2, 0) is 9.53 Å². The second kappa shape index (κ2) is 8.26. The molecule has 0 heterocycles. The molecule has 0 aliphatic carbocycles. The zero-order chi connectivity index (χ0) is 13.3. The molecule has 0 fully saturated rings. The monoisotopic (exact) mass is 258 g/mol. The van der Waals surface area contributed by atoms with Crippen molar-refractivity contribution in [2.24, 2.45) is 0 Å². The minimum absolute atomic E-state index is 0.0493. The van der Waals surface area contributed by atoms with Crippen LogP contribution in [0.3, 0.4) is 0 Å². The third-order valence-electron chi connectivity index (χ3n) is 1.92. The summed E-state index contributed by atoms with van der Waals surface area (Å²) in [6.07, 6.45) is -4.53. The van der Waals surface area contributed by atoms with Crippen LogP contribution in [0.2, 0.25) is 0 Å². The van der Waals surface area contributed by atoms with E-state index >= 15 is 0 Å². The molecule has 102 valence electrons. The number of nitrogens with one attached hydrogen (secondary N) is 1. The molecule has 0 amide bonds. The van der Waals surface area contributed by atoms with Gasteiger partial charge in [0.25, 0.3) is 0 Å². The first-order valence-electron chi connectivity index (χ1n) is 5.13. The van der Waals surface area contributed by atoms with Crippen molar-refractivity contribution in [3.05, 3.63) is 0 Å². The summed E-state index contributed by atoms with van der Waals surface area (Å²) in [6.45, 7) is 1.14.